The average molecular weight is 194 g/mol. The summed E-state index contributed by atoms with van der Waals surface area (Å²) < 4.78 is 5.17. The van der Waals surface area contributed by atoms with E-state index in [1.807, 2.05) is 6.92 Å². The predicted molar refractivity (Wildman–Crippen MR) is 53.9 cm³/mol. The third-order valence-corrected chi connectivity index (χ3v) is 1.97. The van der Waals surface area contributed by atoms with Gasteiger partial charge in [0.15, 0.2) is 0 Å². The first-order chi connectivity index (χ1) is 5.81. The van der Waals surface area contributed by atoms with E-state index in [2.05, 4.69) is 12.2 Å². The zero-order valence-corrected chi connectivity index (χ0v) is 8.86. The lowest BCUT2D eigenvalue weighted by molar-refractivity contribution is 0.149. The molecule has 0 aromatic heterocycles. The molecule has 0 saturated carbocycles. The highest BCUT2D eigenvalue weighted by atomic mass is 35.5. The second-order valence-electron chi connectivity index (χ2n) is 2.79. The molecule has 74 valence electrons. The molecule has 0 aliphatic heterocycles. The first-order valence-electron chi connectivity index (χ1n) is 4.73. The van der Waals surface area contributed by atoms with Crippen LogP contribution in [0.1, 0.15) is 26.7 Å². The fourth-order valence-corrected chi connectivity index (χ4v) is 1.29. The fourth-order valence-electron chi connectivity index (χ4n) is 0.963. The van der Waals surface area contributed by atoms with Crippen molar-refractivity contribution in [1.82, 2.24) is 5.32 Å². The minimum Gasteiger partial charge on any atom is -0.380 e. The summed E-state index contributed by atoms with van der Waals surface area (Å²) in [6.45, 7) is 7.52. The maximum Gasteiger partial charge on any atom is 0.0590 e. The van der Waals surface area contributed by atoms with Crippen LogP contribution in [0.15, 0.2) is 0 Å². The molecular formula is C9H20ClNO. The van der Waals surface area contributed by atoms with Gasteiger partial charge < -0.3 is 10.1 Å². The van der Waals surface area contributed by atoms with E-state index in [-0.39, 0.29) is 5.38 Å². The minimum atomic E-state index is 0.275. The maximum absolute atomic E-state index is 5.99. The van der Waals surface area contributed by atoms with Crippen molar-refractivity contribution in [3.05, 3.63) is 0 Å². The van der Waals surface area contributed by atoms with Crippen LogP contribution in [-0.4, -0.2) is 31.7 Å². The first-order valence-corrected chi connectivity index (χ1v) is 5.17. The number of rotatable bonds is 8. The second-order valence-corrected chi connectivity index (χ2v) is 3.40. The molecule has 3 heteroatoms. The molecule has 0 aromatic carbocycles. The van der Waals surface area contributed by atoms with Crippen molar-refractivity contribution < 1.29 is 4.74 Å². The van der Waals surface area contributed by atoms with Gasteiger partial charge >= 0.3 is 0 Å². The SMILES string of the molecule is CCCC(Cl)CNCCOCC. The normalized spacial score (nSPS) is 13.2. The summed E-state index contributed by atoms with van der Waals surface area (Å²) in [6.07, 6.45) is 2.24. The lowest BCUT2D eigenvalue weighted by Gasteiger charge is -2.09. The van der Waals surface area contributed by atoms with Crippen molar-refractivity contribution in [3.63, 3.8) is 0 Å². The summed E-state index contributed by atoms with van der Waals surface area (Å²) in [7, 11) is 0. The van der Waals surface area contributed by atoms with E-state index < -0.39 is 0 Å². The molecule has 0 aliphatic rings. The molecular weight excluding hydrogens is 174 g/mol. The van der Waals surface area contributed by atoms with E-state index >= 15 is 0 Å². The Morgan fingerprint density at radius 3 is 2.75 bits per heavy atom. The number of nitrogens with one attached hydrogen (secondary N) is 1. The summed E-state index contributed by atoms with van der Waals surface area (Å²) in [5.41, 5.74) is 0. The van der Waals surface area contributed by atoms with Gasteiger partial charge in [-0.1, -0.05) is 13.3 Å². The zero-order valence-electron chi connectivity index (χ0n) is 8.11. The molecule has 0 radical (unpaired) electrons. The van der Waals surface area contributed by atoms with Gasteiger partial charge in [0.2, 0.25) is 0 Å². The van der Waals surface area contributed by atoms with Crippen molar-refractivity contribution in [3.8, 4) is 0 Å². The lowest BCUT2D eigenvalue weighted by Crippen LogP contribution is -2.26. The van der Waals surface area contributed by atoms with Gasteiger partial charge in [0.25, 0.3) is 0 Å². The summed E-state index contributed by atoms with van der Waals surface area (Å²) in [4.78, 5) is 0. The Balaban J connectivity index is 2.97. The highest BCUT2D eigenvalue weighted by Gasteiger charge is 2.00. The molecule has 0 amide bonds. The molecule has 0 aliphatic carbocycles. The van der Waals surface area contributed by atoms with E-state index in [1.54, 1.807) is 0 Å². The van der Waals surface area contributed by atoms with Gasteiger partial charge in [-0.05, 0) is 13.3 Å². The van der Waals surface area contributed by atoms with Crippen molar-refractivity contribution in [2.24, 2.45) is 0 Å². The lowest BCUT2D eigenvalue weighted by atomic mass is 10.2. The van der Waals surface area contributed by atoms with E-state index in [0.717, 1.165) is 39.1 Å². The van der Waals surface area contributed by atoms with Crippen molar-refractivity contribution >= 4 is 11.6 Å². The highest BCUT2D eigenvalue weighted by molar-refractivity contribution is 6.20. The number of hydrogen-bond donors (Lipinski definition) is 1. The number of halogens is 1. The standard InChI is InChI=1S/C9H20ClNO/c1-3-5-9(10)8-11-6-7-12-4-2/h9,11H,3-8H2,1-2H3. The van der Waals surface area contributed by atoms with Crippen LogP contribution < -0.4 is 5.32 Å². The number of ether oxygens (including phenoxy) is 1. The van der Waals surface area contributed by atoms with Gasteiger partial charge in [0.1, 0.15) is 0 Å². The van der Waals surface area contributed by atoms with Crippen LogP contribution in [0.4, 0.5) is 0 Å². The van der Waals surface area contributed by atoms with Gasteiger partial charge in [-0.2, -0.15) is 0 Å². The molecule has 1 atom stereocenters. The van der Waals surface area contributed by atoms with Crippen molar-refractivity contribution in [2.75, 3.05) is 26.3 Å². The predicted octanol–water partition coefficient (Wildman–Crippen LogP) is 2.02. The van der Waals surface area contributed by atoms with Gasteiger partial charge in [0, 0.05) is 25.1 Å². The monoisotopic (exact) mass is 193 g/mol. The molecule has 0 spiro atoms. The van der Waals surface area contributed by atoms with Crippen LogP contribution in [0.25, 0.3) is 0 Å². The maximum atomic E-state index is 5.99. The Morgan fingerprint density at radius 2 is 2.17 bits per heavy atom. The number of alkyl halides is 1. The van der Waals surface area contributed by atoms with Crippen LogP contribution in [-0.2, 0) is 4.74 Å². The Bertz CT molecular complexity index is 90.6. The largest absolute Gasteiger partial charge is 0.380 e. The second kappa shape index (κ2) is 9.30. The van der Waals surface area contributed by atoms with E-state index in [0.29, 0.717) is 0 Å². The molecule has 0 fully saturated rings. The Morgan fingerprint density at radius 1 is 1.42 bits per heavy atom. The molecule has 0 saturated heterocycles. The van der Waals surface area contributed by atoms with Crippen molar-refractivity contribution in [1.29, 1.82) is 0 Å². The Hall–Kier alpha value is 0.210. The highest BCUT2D eigenvalue weighted by Crippen LogP contribution is 2.02. The van der Waals surface area contributed by atoms with Crippen LogP contribution >= 0.6 is 11.6 Å². The van der Waals surface area contributed by atoms with E-state index in [4.69, 9.17) is 16.3 Å². The molecule has 12 heavy (non-hydrogen) atoms. The fraction of sp³-hybridized carbons (Fsp3) is 1.00. The smallest absolute Gasteiger partial charge is 0.0590 e. The zero-order chi connectivity index (χ0) is 9.23. The van der Waals surface area contributed by atoms with Gasteiger partial charge in [-0.25, -0.2) is 0 Å². The molecule has 0 rings (SSSR count). The quantitative estimate of drug-likeness (QED) is 0.471. The summed E-state index contributed by atoms with van der Waals surface area (Å²) in [5, 5.41) is 3.52. The van der Waals surface area contributed by atoms with Gasteiger partial charge in [0.05, 0.1) is 6.61 Å². The topological polar surface area (TPSA) is 21.3 Å². The van der Waals surface area contributed by atoms with E-state index in [9.17, 15) is 0 Å². The molecule has 2 nitrogen and oxygen atoms in total. The minimum absolute atomic E-state index is 0.275. The van der Waals surface area contributed by atoms with Crippen LogP contribution in [0, 0.1) is 0 Å². The van der Waals surface area contributed by atoms with Gasteiger partial charge in [-0.3, -0.25) is 0 Å². The summed E-state index contributed by atoms with van der Waals surface area (Å²) in [6, 6.07) is 0. The van der Waals surface area contributed by atoms with Crippen LogP contribution in [0.3, 0.4) is 0 Å². The molecule has 1 unspecified atom stereocenters. The van der Waals surface area contributed by atoms with Crippen LogP contribution in [0.2, 0.25) is 0 Å². The Labute approximate surface area is 80.6 Å². The average Bonchev–Trinajstić information content (AvgIpc) is 2.05. The summed E-state index contributed by atoms with van der Waals surface area (Å²) in [5.74, 6) is 0. The third kappa shape index (κ3) is 8.31. The first kappa shape index (κ1) is 12.2. The van der Waals surface area contributed by atoms with Gasteiger partial charge in [-0.15, -0.1) is 11.6 Å². The molecule has 1 N–H and O–H groups in total. The molecule has 0 aromatic rings. The van der Waals surface area contributed by atoms with Crippen LogP contribution in [0.5, 0.6) is 0 Å². The summed E-state index contributed by atoms with van der Waals surface area (Å²) >= 11 is 5.99. The molecule has 0 heterocycles. The van der Waals surface area contributed by atoms with E-state index in [1.165, 1.54) is 0 Å². The number of hydrogen-bond acceptors (Lipinski definition) is 2. The van der Waals surface area contributed by atoms with Crippen molar-refractivity contribution in [2.45, 2.75) is 32.1 Å². The molecule has 0 bridgehead atoms. The Kier molecular flexibility index (Phi) is 9.46. The third-order valence-electron chi connectivity index (χ3n) is 1.60.